The molecule has 3 heteroatoms. The molecule has 0 unspecified atom stereocenters. The van der Waals surface area contributed by atoms with Crippen molar-refractivity contribution in [3.63, 3.8) is 0 Å². The van der Waals surface area contributed by atoms with Gasteiger partial charge in [0.05, 0.1) is 0 Å². The van der Waals surface area contributed by atoms with Crippen molar-refractivity contribution in [3.05, 3.63) is 21.6 Å². The third-order valence-electron chi connectivity index (χ3n) is 2.84. The molecule has 0 aliphatic rings. The van der Waals surface area contributed by atoms with Gasteiger partial charge in [-0.15, -0.1) is 0 Å². The lowest BCUT2D eigenvalue weighted by Gasteiger charge is -2.23. The van der Waals surface area contributed by atoms with Gasteiger partial charge in [0.1, 0.15) is 0 Å². The number of rotatable bonds is 4. The van der Waals surface area contributed by atoms with Gasteiger partial charge in [-0.25, -0.2) is 0 Å². The highest BCUT2D eigenvalue weighted by molar-refractivity contribution is 5.25. The monoisotopic (exact) mass is 238 g/mol. The van der Waals surface area contributed by atoms with E-state index in [2.05, 4.69) is 46.6 Å². The van der Waals surface area contributed by atoms with E-state index in [1.54, 1.807) is 0 Å². The van der Waals surface area contributed by atoms with Crippen molar-refractivity contribution < 1.29 is 0 Å². The van der Waals surface area contributed by atoms with Crippen molar-refractivity contribution in [1.29, 1.82) is 0 Å². The Morgan fingerprint density at radius 1 is 1.29 bits per heavy atom. The van der Waals surface area contributed by atoms with Crippen LogP contribution < -0.4 is 5.56 Å². The van der Waals surface area contributed by atoms with E-state index in [0.717, 1.165) is 24.9 Å². The quantitative estimate of drug-likeness (QED) is 0.860. The fourth-order valence-electron chi connectivity index (χ4n) is 2.36. The van der Waals surface area contributed by atoms with E-state index < -0.39 is 0 Å². The van der Waals surface area contributed by atoms with Crippen LogP contribution in [0.3, 0.4) is 0 Å². The minimum Gasteiger partial charge on any atom is -0.288 e. The number of aromatic amines is 1. The largest absolute Gasteiger partial charge is 0.288 e. The lowest BCUT2D eigenvalue weighted by Crippen LogP contribution is -2.21. The molecule has 0 aliphatic heterocycles. The molecule has 0 atom stereocenters. The summed E-state index contributed by atoms with van der Waals surface area (Å²) in [5, 5.41) is 2.99. The molecule has 1 N–H and O–H groups in total. The fraction of sp³-hybridized carbons (Fsp3) is 0.786. The van der Waals surface area contributed by atoms with Crippen molar-refractivity contribution in [2.75, 3.05) is 0 Å². The van der Waals surface area contributed by atoms with Gasteiger partial charge >= 0.3 is 0 Å². The molecule has 1 aromatic rings. The smallest absolute Gasteiger partial charge is 0.267 e. The van der Waals surface area contributed by atoms with E-state index in [0.29, 0.717) is 5.92 Å². The molecule has 1 rings (SSSR count). The summed E-state index contributed by atoms with van der Waals surface area (Å²) < 4.78 is 2.04. The number of nitrogens with one attached hydrogen (secondary N) is 1. The summed E-state index contributed by atoms with van der Waals surface area (Å²) in [7, 11) is 0. The predicted octanol–water partition coefficient (Wildman–Crippen LogP) is 3.08. The Balaban J connectivity index is 3.32. The predicted molar refractivity (Wildman–Crippen MR) is 72.6 cm³/mol. The van der Waals surface area contributed by atoms with Crippen LogP contribution >= 0.6 is 0 Å². The third-order valence-corrected chi connectivity index (χ3v) is 2.84. The van der Waals surface area contributed by atoms with Gasteiger partial charge in [-0.3, -0.25) is 14.6 Å². The second-order valence-corrected chi connectivity index (χ2v) is 6.27. The zero-order valence-electron chi connectivity index (χ0n) is 12.1. The van der Waals surface area contributed by atoms with Crippen LogP contribution in [-0.2, 0) is 18.4 Å². The van der Waals surface area contributed by atoms with Crippen molar-refractivity contribution >= 4 is 0 Å². The van der Waals surface area contributed by atoms with Gasteiger partial charge < -0.3 is 0 Å². The molecule has 1 heterocycles. The first kappa shape index (κ1) is 14.1. The first-order valence-corrected chi connectivity index (χ1v) is 6.59. The lowest BCUT2D eigenvalue weighted by molar-refractivity contribution is 0.474. The Labute approximate surface area is 104 Å². The SMILES string of the molecule is CCCn1[nH]c(=O)c(CC(C)C)c1C(C)(C)C. The molecule has 0 radical (unpaired) electrons. The number of aromatic nitrogens is 2. The van der Waals surface area contributed by atoms with Crippen LogP contribution in [0.1, 0.15) is 59.2 Å². The maximum atomic E-state index is 12.0. The van der Waals surface area contributed by atoms with Gasteiger partial charge in [0.15, 0.2) is 0 Å². The van der Waals surface area contributed by atoms with Crippen LogP contribution in [0.4, 0.5) is 0 Å². The minimum absolute atomic E-state index is 0.0125. The summed E-state index contributed by atoms with van der Waals surface area (Å²) in [4.78, 5) is 12.0. The first-order chi connectivity index (χ1) is 7.77. The zero-order valence-corrected chi connectivity index (χ0v) is 12.1. The maximum Gasteiger partial charge on any atom is 0.267 e. The molecule has 0 saturated heterocycles. The van der Waals surface area contributed by atoms with Crippen molar-refractivity contribution in [2.24, 2.45) is 5.92 Å². The van der Waals surface area contributed by atoms with Crippen molar-refractivity contribution in [3.8, 4) is 0 Å². The average Bonchev–Trinajstić information content (AvgIpc) is 2.41. The Hall–Kier alpha value is -0.990. The topological polar surface area (TPSA) is 37.8 Å². The summed E-state index contributed by atoms with van der Waals surface area (Å²) >= 11 is 0. The number of hydrogen-bond acceptors (Lipinski definition) is 1. The van der Waals surface area contributed by atoms with Crippen molar-refractivity contribution in [2.45, 2.75) is 66.3 Å². The van der Waals surface area contributed by atoms with Gasteiger partial charge in [-0.1, -0.05) is 41.5 Å². The Morgan fingerprint density at radius 3 is 2.29 bits per heavy atom. The third kappa shape index (κ3) is 3.24. The van der Waals surface area contributed by atoms with Crippen LogP contribution in [-0.4, -0.2) is 9.78 Å². The van der Waals surface area contributed by atoms with E-state index in [4.69, 9.17) is 0 Å². The summed E-state index contributed by atoms with van der Waals surface area (Å²) in [6.45, 7) is 13.8. The van der Waals surface area contributed by atoms with E-state index in [1.165, 1.54) is 5.69 Å². The molecule has 98 valence electrons. The fourth-order valence-corrected chi connectivity index (χ4v) is 2.36. The molecule has 0 amide bonds. The van der Waals surface area contributed by atoms with E-state index in [-0.39, 0.29) is 11.0 Å². The molecule has 0 aromatic carbocycles. The standard InChI is InChI=1S/C14H26N2O/c1-7-8-16-12(14(4,5)6)11(9-10(2)3)13(17)15-16/h10H,7-9H2,1-6H3,(H,15,17). The number of H-pyrrole nitrogens is 1. The van der Waals surface area contributed by atoms with E-state index in [1.807, 2.05) is 4.68 Å². The molecular weight excluding hydrogens is 212 g/mol. The van der Waals surface area contributed by atoms with Gasteiger partial charge in [0.2, 0.25) is 0 Å². The van der Waals surface area contributed by atoms with Crippen LogP contribution in [0.15, 0.2) is 4.79 Å². The molecule has 1 aromatic heterocycles. The Kier molecular flexibility index (Phi) is 4.23. The minimum atomic E-state index is 0.0125. The van der Waals surface area contributed by atoms with Gasteiger partial charge in [-0.2, -0.15) is 0 Å². The highest BCUT2D eigenvalue weighted by Gasteiger charge is 2.25. The van der Waals surface area contributed by atoms with Gasteiger partial charge in [0, 0.05) is 23.2 Å². The van der Waals surface area contributed by atoms with Crippen LogP contribution in [0.25, 0.3) is 0 Å². The van der Waals surface area contributed by atoms with Gasteiger partial charge in [-0.05, 0) is 18.8 Å². The van der Waals surface area contributed by atoms with Crippen molar-refractivity contribution in [1.82, 2.24) is 9.78 Å². The number of aryl methyl sites for hydroxylation is 1. The normalized spacial score (nSPS) is 12.4. The Morgan fingerprint density at radius 2 is 1.88 bits per heavy atom. The number of nitrogens with zero attached hydrogens (tertiary/aromatic N) is 1. The van der Waals surface area contributed by atoms with Crippen LogP contribution in [0.2, 0.25) is 0 Å². The molecule has 3 nitrogen and oxygen atoms in total. The molecular formula is C14H26N2O. The highest BCUT2D eigenvalue weighted by Crippen LogP contribution is 2.25. The number of hydrogen-bond donors (Lipinski definition) is 1. The Bertz CT molecular complexity index is 418. The molecule has 0 bridgehead atoms. The summed E-state index contributed by atoms with van der Waals surface area (Å²) in [5.41, 5.74) is 2.26. The molecule has 0 aliphatic carbocycles. The molecule has 17 heavy (non-hydrogen) atoms. The molecule has 0 spiro atoms. The zero-order chi connectivity index (χ0) is 13.2. The maximum absolute atomic E-state index is 12.0. The lowest BCUT2D eigenvalue weighted by atomic mass is 9.87. The van der Waals surface area contributed by atoms with E-state index in [9.17, 15) is 4.79 Å². The summed E-state index contributed by atoms with van der Waals surface area (Å²) in [5.74, 6) is 0.509. The van der Waals surface area contributed by atoms with Crippen LogP contribution in [0.5, 0.6) is 0 Å². The summed E-state index contributed by atoms with van der Waals surface area (Å²) in [6.07, 6.45) is 1.90. The summed E-state index contributed by atoms with van der Waals surface area (Å²) in [6, 6.07) is 0. The first-order valence-electron chi connectivity index (χ1n) is 6.59. The second-order valence-electron chi connectivity index (χ2n) is 6.27. The van der Waals surface area contributed by atoms with Crippen LogP contribution in [0, 0.1) is 5.92 Å². The van der Waals surface area contributed by atoms with Gasteiger partial charge in [0.25, 0.3) is 5.56 Å². The molecule has 0 saturated carbocycles. The highest BCUT2D eigenvalue weighted by atomic mass is 16.1. The average molecular weight is 238 g/mol. The molecule has 0 fully saturated rings. The van der Waals surface area contributed by atoms with E-state index >= 15 is 0 Å². The second kappa shape index (κ2) is 5.11.